The second-order valence-electron chi connectivity index (χ2n) is 6.04. The van der Waals surface area contributed by atoms with Crippen molar-refractivity contribution in [3.8, 4) is 0 Å². The van der Waals surface area contributed by atoms with Gasteiger partial charge in [0.2, 0.25) is 5.78 Å². The first-order chi connectivity index (χ1) is 11.6. The summed E-state index contributed by atoms with van der Waals surface area (Å²) < 4.78 is 3.76. The zero-order valence-corrected chi connectivity index (χ0v) is 15.1. The van der Waals surface area contributed by atoms with E-state index in [2.05, 4.69) is 37.0 Å². The molecule has 2 heterocycles. The van der Waals surface area contributed by atoms with E-state index in [4.69, 9.17) is 0 Å². The van der Waals surface area contributed by atoms with Gasteiger partial charge in [-0.15, -0.1) is 10.2 Å². The molecule has 0 unspecified atom stereocenters. The minimum absolute atomic E-state index is 0.0137. The van der Waals surface area contributed by atoms with Crippen molar-refractivity contribution in [2.24, 2.45) is 0 Å². The van der Waals surface area contributed by atoms with Gasteiger partial charge in [-0.05, 0) is 32.4 Å². The normalized spacial score (nSPS) is 11.3. The minimum Gasteiger partial charge on any atom is -0.276 e. The molecule has 0 amide bonds. The van der Waals surface area contributed by atoms with Gasteiger partial charge in [0.05, 0.1) is 10.9 Å². The molecule has 0 radical (unpaired) electrons. The van der Waals surface area contributed by atoms with E-state index in [1.165, 1.54) is 5.57 Å². The Morgan fingerprint density at radius 3 is 2.79 bits per heavy atom. The number of benzene rings is 1. The molecule has 126 valence electrons. The molecule has 2 aromatic heterocycles. The molecule has 1 aromatic carbocycles. The van der Waals surface area contributed by atoms with Crippen LogP contribution in [0.25, 0.3) is 16.7 Å². The van der Waals surface area contributed by atoms with Crippen LogP contribution in [0.1, 0.15) is 33.6 Å². The number of rotatable bonds is 6. The van der Waals surface area contributed by atoms with Crippen molar-refractivity contribution in [2.45, 2.75) is 45.3 Å². The molecule has 0 saturated carbocycles. The van der Waals surface area contributed by atoms with Gasteiger partial charge in [-0.2, -0.15) is 0 Å². The van der Waals surface area contributed by atoms with E-state index in [1.807, 2.05) is 28.7 Å². The first kappa shape index (κ1) is 16.8. The number of unbranched alkanes of at least 4 members (excludes halogenated alkanes) is 1. The molecular weight excluding hydrogens is 320 g/mol. The van der Waals surface area contributed by atoms with Gasteiger partial charge >= 0.3 is 0 Å². The first-order valence-corrected chi connectivity index (χ1v) is 9.25. The van der Waals surface area contributed by atoms with Gasteiger partial charge < -0.3 is 0 Å². The van der Waals surface area contributed by atoms with Crippen molar-refractivity contribution in [3.63, 3.8) is 0 Å². The molecule has 0 spiro atoms. The molecule has 0 saturated heterocycles. The molecular formula is C18H22N4OS. The molecule has 0 bridgehead atoms. The second kappa shape index (κ2) is 7.21. The van der Waals surface area contributed by atoms with Crippen LogP contribution in [-0.2, 0) is 6.54 Å². The van der Waals surface area contributed by atoms with Crippen molar-refractivity contribution in [2.75, 3.05) is 5.75 Å². The smallest absolute Gasteiger partial charge is 0.262 e. The fourth-order valence-electron chi connectivity index (χ4n) is 2.63. The van der Waals surface area contributed by atoms with Crippen LogP contribution in [0.2, 0.25) is 0 Å². The molecule has 5 nitrogen and oxygen atoms in total. The molecule has 24 heavy (non-hydrogen) atoms. The van der Waals surface area contributed by atoms with Crippen molar-refractivity contribution in [1.29, 1.82) is 0 Å². The number of fused-ring (bicyclic) bond motifs is 3. The Bertz CT molecular complexity index is 951. The topological polar surface area (TPSA) is 52.2 Å². The highest BCUT2D eigenvalue weighted by Gasteiger charge is 2.15. The zero-order chi connectivity index (χ0) is 17.1. The minimum atomic E-state index is 0.0137. The Morgan fingerprint density at radius 2 is 2.04 bits per heavy atom. The third kappa shape index (κ3) is 3.11. The molecule has 3 rings (SSSR count). The van der Waals surface area contributed by atoms with Crippen LogP contribution in [0.3, 0.4) is 0 Å². The summed E-state index contributed by atoms with van der Waals surface area (Å²) >= 11 is 1.64. The highest BCUT2D eigenvalue weighted by atomic mass is 32.2. The Labute approximate surface area is 145 Å². The highest BCUT2D eigenvalue weighted by molar-refractivity contribution is 7.99. The number of allylic oxidation sites excluding steroid dienone is 1. The van der Waals surface area contributed by atoms with Crippen molar-refractivity contribution >= 4 is 28.4 Å². The third-order valence-electron chi connectivity index (χ3n) is 3.92. The summed E-state index contributed by atoms with van der Waals surface area (Å²) in [6.45, 7) is 6.95. The maximum Gasteiger partial charge on any atom is 0.262 e. The van der Waals surface area contributed by atoms with E-state index in [-0.39, 0.29) is 5.56 Å². The molecule has 0 fully saturated rings. The summed E-state index contributed by atoms with van der Waals surface area (Å²) in [4.78, 5) is 12.8. The van der Waals surface area contributed by atoms with Crippen LogP contribution < -0.4 is 5.56 Å². The van der Waals surface area contributed by atoms with E-state index < -0.39 is 0 Å². The number of para-hydroxylation sites is 1. The maximum atomic E-state index is 12.8. The van der Waals surface area contributed by atoms with Crippen LogP contribution in [0.15, 0.2) is 45.9 Å². The van der Waals surface area contributed by atoms with Crippen LogP contribution in [0.5, 0.6) is 0 Å². The number of aromatic nitrogens is 4. The second-order valence-corrected chi connectivity index (χ2v) is 7.03. The van der Waals surface area contributed by atoms with Crippen molar-refractivity contribution in [3.05, 3.63) is 46.3 Å². The lowest BCUT2D eigenvalue weighted by Crippen LogP contribution is -2.23. The monoisotopic (exact) mass is 342 g/mol. The lowest BCUT2D eigenvalue weighted by atomic mass is 10.2. The fourth-order valence-corrected chi connectivity index (χ4v) is 3.60. The number of aryl methyl sites for hydroxylation is 1. The fraction of sp³-hybridized carbons (Fsp3) is 0.389. The van der Waals surface area contributed by atoms with E-state index in [1.54, 1.807) is 16.3 Å². The van der Waals surface area contributed by atoms with E-state index in [0.717, 1.165) is 29.3 Å². The Morgan fingerprint density at radius 1 is 1.25 bits per heavy atom. The van der Waals surface area contributed by atoms with Crippen LogP contribution in [-0.4, -0.2) is 24.9 Å². The lowest BCUT2D eigenvalue weighted by molar-refractivity contribution is 0.620. The predicted octanol–water partition coefficient (Wildman–Crippen LogP) is 3.90. The number of hydrogen-bond acceptors (Lipinski definition) is 4. The Balaban J connectivity index is 2.21. The van der Waals surface area contributed by atoms with Gasteiger partial charge in [0.15, 0.2) is 5.16 Å². The van der Waals surface area contributed by atoms with Crippen molar-refractivity contribution in [1.82, 2.24) is 19.2 Å². The number of hydrogen-bond donors (Lipinski definition) is 0. The predicted molar refractivity (Wildman–Crippen MR) is 99.8 cm³/mol. The summed E-state index contributed by atoms with van der Waals surface area (Å²) in [5.41, 5.74) is 2.16. The summed E-state index contributed by atoms with van der Waals surface area (Å²) in [6.07, 6.45) is 4.14. The Hall–Kier alpha value is -2.08. The molecule has 0 atom stereocenters. The van der Waals surface area contributed by atoms with Gasteiger partial charge in [-0.1, -0.05) is 48.9 Å². The molecule has 0 N–H and O–H groups in total. The van der Waals surface area contributed by atoms with Crippen LogP contribution in [0.4, 0.5) is 0 Å². The van der Waals surface area contributed by atoms with E-state index >= 15 is 0 Å². The van der Waals surface area contributed by atoms with Crippen molar-refractivity contribution < 1.29 is 0 Å². The van der Waals surface area contributed by atoms with Gasteiger partial charge in [0, 0.05) is 12.3 Å². The summed E-state index contributed by atoms with van der Waals surface area (Å²) in [6, 6.07) is 7.69. The van der Waals surface area contributed by atoms with Gasteiger partial charge in [0.25, 0.3) is 5.56 Å². The average Bonchev–Trinajstić information content (AvgIpc) is 2.98. The quantitative estimate of drug-likeness (QED) is 0.503. The standard InChI is InChI=1S/C18H22N4OS/c1-4-5-11-21-16(23)14-8-6-7-9-15(14)22-17(21)19-20-18(22)24-12-10-13(2)3/h6-10H,4-5,11-12H2,1-3H3. The van der Waals surface area contributed by atoms with E-state index in [0.29, 0.717) is 17.7 Å². The SMILES string of the molecule is CCCCn1c(=O)c2ccccc2n2c(SCC=C(C)C)nnc12. The largest absolute Gasteiger partial charge is 0.276 e. The van der Waals surface area contributed by atoms with Crippen LogP contribution in [0, 0.1) is 0 Å². The number of nitrogens with zero attached hydrogens (tertiary/aromatic N) is 4. The maximum absolute atomic E-state index is 12.8. The summed E-state index contributed by atoms with van der Waals surface area (Å²) in [5, 5.41) is 10.2. The molecule has 0 aliphatic rings. The molecule has 0 aliphatic heterocycles. The number of thioether (sulfide) groups is 1. The van der Waals surface area contributed by atoms with Crippen LogP contribution >= 0.6 is 11.8 Å². The first-order valence-electron chi connectivity index (χ1n) is 8.26. The average molecular weight is 342 g/mol. The Kier molecular flexibility index (Phi) is 5.04. The van der Waals surface area contributed by atoms with Gasteiger partial charge in [-0.25, -0.2) is 0 Å². The molecule has 6 heteroatoms. The third-order valence-corrected chi connectivity index (χ3v) is 4.77. The van der Waals surface area contributed by atoms with E-state index in [9.17, 15) is 4.79 Å². The summed E-state index contributed by atoms with van der Waals surface area (Å²) in [7, 11) is 0. The molecule has 0 aliphatic carbocycles. The highest BCUT2D eigenvalue weighted by Crippen LogP contribution is 2.22. The van der Waals surface area contributed by atoms with Gasteiger partial charge in [-0.3, -0.25) is 13.8 Å². The zero-order valence-electron chi connectivity index (χ0n) is 14.3. The lowest BCUT2D eigenvalue weighted by Gasteiger charge is -2.10. The molecule has 3 aromatic rings. The summed E-state index contributed by atoms with van der Waals surface area (Å²) in [5.74, 6) is 1.47. The van der Waals surface area contributed by atoms with Gasteiger partial charge in [0.1, 0.15) is 0 Å².